The normalized spacial score (nSPS) is 17.5. The van der Waals surface area contributed by atoms with E-state index in [2.05, 4.69) is 4.98 Å². The van der Waals surface area contributed by atoms with Crippen LogP contribution in [0.25, 0.3) is 11.0 Å². The highest BCUT2D eigenvalue weighted by Crippen LogP contribution is 2.31. The first-order valence-electron chi connectivity index (χ1n) is 7.15. The van der Waals surface area contributed by atoms with E-state index in [0.29, 0.717) is 24.2 Å². The Labute approximate surface area is 131 Å². The quantitative estimate of drug-likeness (QED) is 0.514. The fraction of sp³-hybridized carbons (Fsp3) is 0.429. The van der Waals surface area contributed by atoms with Crippen LogP contribution >= 0.6 is 0 Å². The van der Waals surface area contributed by atoms with Gasteiger partial charge in [0.15, 0.2) is 5.69 Å². The van der Waals surface area contributed by atoms with E-state index < -0.39 is 10.9 Å². The van der Waals surface area contributed by atoms with Crippen LogP contribution in [0, 0.1) is 10.1 Å². The van der Waals surface area contributed by atoms with Gasteiger partial charge < -0.3 is 19.8 Å². The van der Waals surface area contributed by atoms with Crippen molar-refractivity contribution in [2.24, 2.45) is 0 Å². The van der Waals surface area contributed by atoms with Crippen molar-refractivity contribution >= 4 is 28.4 Å². The summed E-state index contributed by atoms with van der Waals surface area (Å²) in [5.41, 5.74) is 6.53. The summed E-state index contributed by atoms with van der Waals surface area (Å²) in [6, 6.07) is 1.32. The number of carbonyl (C=O) groups excluding carboxylic acids is 1. The molecule has 3 rings (SSSR count). The fourth-order valence-corrected chi connectivity index (χ4v) is 2.83. The van der Waals surface area contributed by atoms with E-state index in [-0.39, 0.29) is 23.2 Å². The molecule has 1 atom stereocenters. The van der Waals surface area contributed by atoms with Crippen LogP contribution in [0.2, 0.25) is 0 Å². The second kappa shape index (κ2) is 5.84. The van der Waals surface area contributed by atoms with Crippen molar-refractivity contribution in [2.75, 3.05) is 19.5 Å². The second-order valence-electron chi connectivity index (χ2n) is 5.32. The van der Waals surface area contributed by atoms with Crippen molar-refractivity contribution < 1.29 is 19.2 Å². The van der Waals surface area contributed by atoms with Gasteiger partial charge in [-0.3, -0.25) is 10.1 Å². The molecule has 122 valence electrons. The van der Waals surface area contributed by atoms with Gasteiger partial charge in [-0.2, -0.15) is 0 Å². The van der Waals surface area contributed by atoms with E-state index in [1.54, 1.807) is 4.57 Å². The minimum Gasteiger partial charge on any atom is -0.464 e. The Hall–Kier alpha value is -2.68. The van der Waals surface area contributed by atoms with Crippen LogP contribution < -0.4 is 5.73 Å². The van der Waals surface area contributed by atoms with Crippen LogP contribution in [0.3, 0.4) is 0 Å². The Balaban J connectivity index is 2.17. The number of anilines is 1. The highest BCUT2D eigenvalue weighted by atomic mass is 16.6. The molecule has 1 saturated heterocycles. The third-order valence-corrected chi connectivity index (χ3v) is 3.92. The molecule has 9 nitrogen and oxygen atoms in total. The molecule has 1 aliphatic heterocycles. The number of aromatic nitrogens is 2. The first-order valence-corrected chi connectivity index (χ1v) is 7.15. The highest BCUT2D eigenvalue weighted by Gasteiger charge is 2.27. The number of nitrogens with two attached hydrogens (primary N) is 1. The van der Waals surface area contributed by atoms with E-state index in [4.69, 9.17) is 15.2 Å². The van der Waals surface area contributed by atoms with Crippen molar-refractivity contribution in [3.05, 3.63) is 28.1 Å². The van der Waals surface area contributed by atoms with Gasteiger partial charge in [-0.05, 0) is 12.8 Å². The number of nitro groups is 1. The number of hydrogen-bond acceptors (Lipinski definition) is 7. The maximum atomic E-state index is 12.1. The number of methoxy groups -OCH3 is 1. The molecule has 2 N–H and O–H groups in total. The van der Waals surface area contributed by atoms with Gasteiger partial charge in [0.2, 0.25) is 0 Å². The van der Waals surface area contributed by atoms with Crippen LogP contribution in [0.5, 0.6) is 0 Å². The molecule has 1 aliphatic rings. The number of fused-ring (bicyclic) bond motifs is 1. The second-order valence-corrected chi connectivity index (χ2v) is 5.32. The number of pyridine rings is 1. The number of nitrogens with zero attached hydrogens (tertiary/aromatic N) is 3. The molecule has 0 aliphatic carbocycles. The predicted molar refractivity (Wildman–Crippen MR) is 81.1 cm³/mol. The summed E-state index contributed by atoms with van der Waals surface area (Å²) in [6.07, 6.45) is 2.92. The molecular weight excluding hydrogens is 304 g/mol. The van der Waals surface area contributed by atoms with E-state index in [1.807, 2.05) is 0 Å². The Kier molecular flexibility index (Phi) is 3.87. The zero-order valence-electron chi connectivity index (χ0n) is 12.5. The number of nitrogen functional groups attached to an aromatic ring is 1. The van der Waals surface area contributed by atoms with Gasteiger partial charge in [-0.1, -0.05) is 0 Å². The monoisotopic (exact) mass is 320 g/mol. The molecule has 0 amide bonds. The van der Waals surface area contributed by atoms with Crippen LogP contribution in [0.1, 0.15) is 23.3 Å². The average Bonchev–Trinajstić information content (AvgIpc) is 3.14. The van der Waals surface area contributed by atoms with Crippen LogP contribution in [-0.2, 0) is 16.0 Å². The molecule has 23 heavy (non-hydrogen) atoms. The lowest BCUT2D eigenvalue weighted by atomic mass is 10.2. The molecule has 0 spiro atoms. The minimum absolute atomic E-state index is 0.0506. The summed E-state index contributed by atoms with van der Waals surface area (Å²) in [4.78, 5) is 26.6. The van der Waals surface area contributed by atoms with Crippen molar-refractivity contribution in [3.63, 3.8) is 0 Å². The summed E-state index contributed by atoms with van der Waals surface area (Å²) in [5, 5.41) is 11.3. The Morgan fingerprint density at radius 2 is 2.43 bits per heavy atom. The van der Waals surface area contributed by atoms with E-state index in [9.17, 15) is 14.9 Å². The van der Waals surface area contributed by atoms with Gasteiger partial charge in [0.1, 0.15) is 11.8 Å². The first kappa shape index (κ1) is 15.2. The number of esters is 1. The smallest absolute Gasteiger partial charge is 0.356 e. The van der Waals surface area contributed by atoms with E-state index in [1.165, 1.54) is 13.2 Å². The first-order chi connectivity index (χ1) is 11.0. The van der Waals surface area contributed by atoms with Crippen molar-refractivity contribution in [2.45, 2.75) is 25.5 Å². The molecular formula is C14H16N4O5. The highest BCUT2D eigenvalue weighted by molar-refractivity contribution is 6.05. The molecule has 0 aromatic carbocycles. The molecule has 3 heterocycles. The third-order valence-electron chi connectivity index (χ3n) is 3.92. The third kappa shape index (κ3) is 2.59. The Morgan fingerprint density at radius 1 is 1.65 bits per heavy atom. The average molecular weight is 320 g/mol. The van der Waals surface area contributed by atoms with Gasteiger partial charge in [0.05, 0.1) is 30.4 Å². The van der Waals surface area contributed by atoms with Gasteiger partial charge in [0.25, 0.3) is 5.69 Å². The molecule has 0 saturated carbocycles. The lowest BCUT2D eigenvalue weighted by Gasteiger charge is -2.13. The minimum atomic E-state index is -0.610. The zero-order chi connectivity index (χ0) is 16.6. The van der Waals surface area contributed by atoms with Gasteiger partial charge in [0, 0.05) is 18.1 Å². The maximum Gasteiger partial charge on any atom is 0.356 e. The van der Waals surface area contributed by atoms with Gasteiger partial charge >= 0.3 is 5.97 Å². The fourth-order valence-electron chi connectivity index (χ4n) is 2.83. The topological polar surface area (TPSA) is 123 Å². The van der Waals surface area contributed by atoms with Crippen molar-refractivity contribution in [1.82, 2.24) is 9.55 Å². The summed E-state index contributed by atoms with van der Waals surface area (Å²) in [7, 11) is 1.26. The van der Waals surface area contributed by atoms with Gasteiger partial charge in [-0.25, -0.2) is 9.78 Å². The number of carbonyl (C=O) groups is 1. The SMILES string of the molecule is COC(=O)c1c(N)c2cc([N+](=O)[O-])cnc2n1C[C@H]1CCCO1. The molecule has 0 radical (unpaired) electrons. The number of rotatable bonds is 4. The zero-order valence-corrected chi connectivity index (χ0v) is 12.5. The van der Waals surface area contributed by atoms with E-state index in [0.717, 1.165) is 19.0 Å². The molecule has 0 unspecified atom stereocenters. The summed E-state index contributed by atoms with van der Waals surface area (Å²) < 4.78 is 12.0. The summed E-state index contributed by atoms with van der Waals surface area (Å²) in [6.45, 7) is 1.06. The maximum absolute atomic E-state index is 12.1. The molecule has 1 fully saturated rings. The molecule has 0 bridgehead atoms. The largest absolute Gasteiger partial charge is 0.464 e. The van der Waals surface area contributed by atoms with Crippen molar-refractivity contribution in [3.8, 4) is 0 Å². The summed E-state index contributed by atoms with van der Waals surface area (Å²) in [5.74, 6) is -0.610. The van der Waals surface area contributed by atoms with Crippen LogP contribution in [0.15, 0.2) is 12.3 Å². The molecule has 2 aromatic heterocycles. The number of ether oxygens (including phenoxy) is 2. The Morgan fingerprint density at radius 3 is 3.04 bits per heavy atom. The lowest BCUT2D eigenvalue weighted by molar-refractivity contribution is -0.385. The summed E-state index contributed by atoms with van der Waals surface area (Å²) >= 11 is 0. The van der Waals surface area contributed by atoms with Crippen LogP contribution in [-0.4, -0.2) is 40.3 Å². The van der Waals surface area contributed by atoms with E-state index >= 15 is 0 Å². The molecule has 9 heteroatoms. The Bertz CT molecular complexity index is 779. The number of hydrogen-bond donors (Lipinski definition) is 1. The van der Waals surface area contributed by atoms with Crippen LogP contribution in [0.4, 0.5) is 11.4 Å². The van der Waals surface area contributed by atoms with Gasteiger partial charge in [-0.15, -0.1) is 0 Å². The molecule has 2 aromatic rings. The van der Waals surface area contributed by atoms with Crippen molar-refractivity contribution in [1.29, 1.82) is 0 Å². The predicted octanol–water partition coefficient (Wildman–Crippen LogP) is 1.49. The standard InChI is InChI=1S/C14H16N4O5/c1-22-14(19)12-11(15)10-5-8(18(20)21)6-16-13(10)17(12)7-9-3-2-4-23-9/h5-6,9H,2-4,7,15H2,1H3/t9-/m1/s1. The lowest BCUT2D eigenvalue weighted by Crippen LogP contribution is -2.20.